The predicted octanol–water partition coefficient (Wildman–Crippen LogP) is 2.17. The number of nitrogens with one attached hydrogen (secondary N) is 2. The van der Waals surface area contributed by atoms with Crippen LogP contribution in [0.15, 0.2) is 45.5 Å². The molecule has 3 aromatic rings. The van der Waals surface area contributed by atoms with Crippen molar-refractivity contribution in [2.45, 2.75) is 19.8 Å². The Morgan fingerprint density at radius 2 is 1.92 bits per heavy atom. The number of carbonyl (C=O) groups is 2. The van der Waals surface area contributed by atoms with Crippen LogP contribution in [0.1, 0.15) is 28.4 Å². The van der Waals surface area contributed by atoms with Crippen LogP contribution in [0.25, 0.3) is 11.4 Å². The minimum atomic E-state index is -0.471. The molecule has 3 rings (SSSR count). The fourth-order valence-corrected chi connectivity index (χ4v) is 2.17. The number of hydrogen-bond acceptors (Lipinski definition) is 6. The van der Waals surface area contributed by atoms with E-state index in [1.807, 2.05) is 0 Å². The number of hydrazine groups is 1. The molecule has 0 atom stereocenters. The summed E-state index contributed by atoms with van der Waals surface area (Å²) in [5.74, 6) is -0.222. The minimum absolute atomic E-state index is 0.0374. The molecule has 0 unspecified atom stereocenters. The maximum atomic E-state index is 12.9. The van der Waals surface area contributed by atoms with E-state index in [0.717, 1.165) is 0 Å². The van der Waals surface area contributed by atoms with Gasteiger partial charge in [0.2, 0.25) is 17.6 Å². The zero-order valence-corrected chi connectivity index (χ0v) is 13.8. The molecular formula is C17H15FN4O4. The fourth-order valence-electron chi connectivity index (χ4n) is 2.17. The Balaban J connectivity index is 1.48. The summed E-state index contributed by atoms with van der Waals surface area (Å²) >= 11 is 0. The highest BCUT2D eigenvalue weighted by molar-refractivity contribution is 5.96. The first-order valence-corrected chi connectivity index (χ1v) is 7.75. The maximum Gasteiger partial charge on any atom is 0.273 e. The van der Waals surface area contributed by atoms with Gasteiger partial charge in [0, 0.05) is 18.4 Å². The van der Waals surface area contributed by atoms with Gasteiger partial charge in [-0.25, -0.2) is 4.39 Å². The molecular weight excluding hydrogens is 343 g/mol. The molecule has 26 heavy (non-hydrogen) atoms. The lowest BCUT2D eigenvalue weighted by Gasteiger charge is -2.05. The Morgan fingerprint density at radius 1 is 1.15 bits per heavy atom. The maximum absolute atomic E-state index is 12.9. The van der Waals surface area contributed by atoms with E-state index in [4.69, 9.17) is 8.94 Å². The van der Waals surface area contributed by atoms with Crippen molar-refractivity contribution in [2.24, 2.45) is 0 Å². The first kappa shape index (κ1) is 17.3. The highest BCUT2D eigenvalue weighted by Crippen LogP contribution is 2.16. The Kier molecular flexibility index (Phi) is 5.07. The van der Waals surface area contributed by atoms with Crippen LogP contribution >= 0.6 is 0 Å². The van der Waals surface area contributed by atoms with Gasteiger partial charge in [-0.05, 0) is 37.3 Å². The number of furan rings is 1. The number of hydrogen-bond donors (Lipinski definition) is 2. The van der Waals surface area contributed by atoms with Crippen LogP contribution < -0.4 is 10.9 Å². The van der Waals surface area contributed by atoms with Crippen molar-refractivity contribution in [2.75, 3.05) is 0 Å². The van der Waals surface area contributed by atoms with Crippen LogP contribution in [0.2, 0.25) is 0 Å². The molecule has 0 radical (unpaired) electrons. The fraction of sp³-hybridized carbons (Fsp3) is 0.176. The summed E-state index contributed by atoms with van der Waals surface area (Å²) in [6, 6.07) is 7.16. The number of benzene rings is 1. The van der Waals surface area contributed by atoms with Gasteiger partial charge in [-0.1, -0.05) is 5.16 Å². The Hall–Kier alpha value is -3.49. The van der Waals surface area contributed by atoms with Crippen molar-refractivity contribution in [3.63, 3.8) is 0 Å². The molecule has 0 fully saturated rings. The van der Waals surface area contributed by atoms with E-state index in [1.165, 1.54) is 36.6 Å². The molecule has 0 aliphatic heterocycles. The van der Waals surface area contributed by atoms with E-state index < -0.39 is 11.8 Å². The van der Waals surface area contributed by atoms with Gasteiger partial charge in [0.25, 0.3) is 5.91 Å². The smallest absolute Gasteiger partial charge is 0.273 e. The molecule has 2 N–H and O–H groups in total. The quantitative estimate of drug-likeness (QED) is 0.677. The molecule has 2 amide bonds. The Labute approximate surface area is 147 Å². The molecule has 0 aliphatic rings. The molecule has 2 aromatic heterocycles. The van der Waals surface area contributed by atoms with Crippen LogP contribution in [-0.4, -0.2) is 22.0 Å². The summed E-state index contributed by atoms with van der Waals surface area (Å²) in [7, 11) is 0. The van der Waals surface area contributed by atoms with Crippen LogP contribution in [0.5, 0.6) is 0 Å². The number of nitrogens with zero attached hydrogens (tertiary/aromatic N) is 2. The van der Waals surface area contributed by atoms with Crippen LogP contribution in [0.4, 0.5) is 4.39 Å². The van der Waals surface area contributed by atoms with Crippen molar-refractivity contribution in [1.82, 2.24) is 21.0 Å². The molecule has 134 valence electrons. The molecule has 0 saturated carbocycles. The highest BCUT2D eigenvalue weighted by Gasteiger charge is 2.14. The summed E-state index contributed by atoms with van der Waals surface area (Å²) in [6.45, 7) is 1.64. The first-order chi connectivity index (χ1) is 12.5. The Morgan fingerprint density at radius 3 is 2.62 bits per heavy atom. The molecule has 8 nitrogen and oxygen atoms in total. The zero-order valence-electron chi connectivity index (χ0n) is 13.8. The monoisotopic (exact) mass is 358 g/mol. The van der Waals surface area contributed by atoms with Gasteiger partial charge >= 0.3 is 0 Å². The van der Waals surface area contributed by atoms with E-state index in [-0.39, 0.29) is 24.5 Å². The number of amides is 2. The van der Waals surface area contributed by atoms with Crippen molar-refractivity contribution < 1.29 is 22.9 Å². The topological polar surface area (TPSA) is 110 Å². The van der Waals surface area contributed by atoms with Gasteiger partial charge in [0.05, 0.1) is 11.8 Å². The lowest BCUT2D eigenvalue weighted by atomic mass is 10.2. The summed E-state index contributed by atoms with van der Waals surface area (Å²) in [5.41, 5.74) is 5.54. The molecule has 1 aromatic carbocycles. The standard InChI is InChI=1S/C17H15FN4O4/c1-10-13(8-9-25-10)17(24)21-20-14(23)6-7-15-19-16(22-26-15)11-2-4-12(18)5-3-11/h2-5,8-9H,6-7H2,1H3,(H,20,23)(H,21,24). The molecule has 9 heteroatoms. The number of halogens is 1. The molecule has 0 aliphatic carbocycles. The molecule has 0 saturated heterocycles. The average molecular weight is 358 g/mol. The summed E-state index contributed by atoms with van der Waals surface area (Å²) in [6.07, 6.45) is 1.62. The van der Waals surface area contributed by atoms with Crippen molar-refractivity contribution in [3.8, 4) is 11.4 Å². The second-order valence-electron chi connectivity index (χ2n) is 5.41. The average Bonchev–Trinajstić information content (AvgIpc) is 3.27. The normalized spacial score (nSPS) is 10.5. The van der Waals surface area contributed by atoms with E-state index in [1.54, 1.807) is 6.92 Å². The van der Waals surface area contributed by atoms with E-state index in [2.05, 4.69) is 21.0 Å². The van der Waals surface area contributed by atoms with Gasteiger partial charge in [0.1, 0.15) is 11.6 Å². The summed E-state index contributed by atoms with van der Waals surface area (Å²) in [5, 5.41) is 3.79. The van der Waals surface area contributed by atoms with Gasteiger partial charge < -0.3 is 8.94 Å². The lowest BCUT2D eigenvalue weighted by molar-refractivity contribution is -0.121. The predicted molar refractivity (Wildman–Crippen MR) is 87.1 cm³/mol. The minimum Gasteiger partial charge on any atom is -0.469 e. The van der Waals surface area contributed by atoms with Crippen LogP contribution in [0.3, 0.4) is 0 Å². The van der Waals surface area contributed by atoms with E-state index in [0.29, 0.717) is 22.7 Å². The van der Waals surface area contributed by atoms with Gasteiger partial charge in [-0.2, -0.15) is 4.98 Å². The highest BCUT2D eigenvalue weighted by atomic mass is 19.1. The molecule has 0 bridgehead atoms. The Bertz CT molecular complexity index is 917. The van der Waals surface area contributed by atoms with Crippen LogP contribution in [0, 0.1) is 12.7 Å². The largest absolute Gasteiger partial charge is 0.469 e. The van der Waals surface area contributed by atoms with Crippen molar-refractivity contribution in [3.05, 3.63) is 59.6 Å². The van der Waals surface area contributed by atoms with Gasteiger partial charge in [0.15, 0.2) is 0 Å². The van der Waals surface area contributed by atoms with Crippen molar-refractivity contribution >= 4 is 11.8 Å². The molecule has 0 spiro atoms. The second kappa shape index (κ2) is 7.60. The van der Waals surface area contributed by atoms with Crippen LogP contribution in [-0.2, 0) is 11.2 Å². The number of aromatic nitrogens is 2. The summed E-state index contributed by atoms with van der Waals surface area (Å²) in [4.78, 5) is 27.8. The third-order valence-corrected chi connectivity index (χ3v) is 3.56. The van der Waals surface area contributed by atoms with E-state index in [9.17, 15) is 14.0 Å². The lowest BCUT2D eigenvalue weighted by Crippen LogP contribution is -2.41. The first-order valence-electron chi connectivity index (χ1n) is 7.75. The molecule has 2 heterocycles. The van der Waals surface area contributed by atoms with E-state index >= 15 is 0 Å². The second-order valence-corrected chi connectivity index (χ2v) is 5.41. The zero-order chi connectivity index (χ0) is 18.5. The SMILES string of the molecule is Cc1occc1C(=O)NNC(=O)CCc1nc(-c2ccc(F)cc2)no1. The third kappa shape index (κ3) is 4.12. The van der Waals surface area contributed by atoms with Gasteiger partial charge in [-0.15, -0.1) is 0 Å². The van der Waals surface area contributed by atoms with Gasteiger partial charge in [-0.3, -0.25) is 20.4 Å². The number of rotatable bonds is 5. The van der Waals surface area contributed by atoms with Crippen molar-refractivity contribution in [1.29, 1.82) is 0 Å². The third-order valence-electron chi connectivity index (χ3n) is 3.56. The number of aryl methyl sites for hydroxylation is 2. The number of carbonyl (C=O) groups excluding carboxylic acids is 2. The summed E-state index contributed by atoms with van der Waals surface area (Å²) < 4.78 is 23.0.